The van der Waals surface area contributed by atoms with Crippen LogP contribution in [0.15, 0.2) is 55.7 Å². The summed E-state index contributed by atoms with van der Waals surface area (Å²) in [5.41, 5.74) is 8.51. The molecule has 0 bridgehead atoms. The lowest BCUT2D eigenvalue weighted by Crippen LogP contribution is -2.29. The first-order valence-electron chi connectivity index (χ1n) is 9.19. The van der Waals surface area contributed by atoms with E-state index in [0.29, 0.717) is 17.6 Å². The van der Waals surface area contributed by atoms with Gasteiger partial charge in [-0.25, -0.2) is 9.97 Å². The number of nitrogen functional groups attached to an aromatic ring is 1. The maximum absolute atomic E-state index is 6.21. The molecule has 0 aliphatic carbocycles. The third kappa shape index (κ3) is 4.17. The van der Waals surface area contributed by atoms with Gasteiger partial charge in [0, 0.05) is 33.0 Å². The Balaban J connectivity index is 1.74. The van der Waals surface area contributed by atoms with E-state index in [1.807, 2.05) is 41.4 Å². The Kier molecular flexibility index (Phi) is 5.59. The summed E-state index contributed by atoms with van der Waals surface area (Å²) < 4.78 is 1.86. The Morgan fingerprint density at radius 2 is 1.89 bits per heavy atom. The molecule has 0 radical (unpaired) electrons. The molecule has 1 fully saturated rings. The average Bonchev–Trinajstić information content (AvgIpc) is 2.67. The number of benzene rings is 2. The third-order valence-electron chi connectivity index (χ3n) is 4.80. The van der Waals surface area contributed by atoms with Gasteiger partial charge in [-0.3, -0.25) is 5.01 Å². The number of aromatic nitrogens is 2. The molecule has 6 nitrogen and oxygen atoms in total. The van der Waals surface area contributed by atoms with E-state index in [-0.39, 0.29) is 0 Å². The molecular formula is C20H20Br2N6. The lowest BCUT2D eigenvalue weighted by molar-refractivity contribution is 0.179. The molecule has 1 aliphatic rings. The van der Waals surface area contributed by atoms with Gasteiger partial charge in [-0.2, -0.15) is 0 Å². The highest BCUT2D eigenvalue weighted by atomic mass is 79.9. The summed E-state index contributed by atoms with van der Waals surface area (Å²) >= 11 is 7.00. The molecule has 2 heterocycles. The van der Waals surface area contributed by atoms with Crippen molar-refractivity contribution in [1.82, 2.24) is 15.0 Å². The molecule has 1 saturated heterocycles. The van der Waals surface area contributed by atoms with Gasteiger partial charge in [-0.15, -0.1) is 5.11 Å². The van der Waals surface area contributed by atoms with Crippen LogP contribution in [-0.4, -0.2) is 28.1 Å². The summed E-state index contributed by atoms with van der Waals surface area (Å²) in [6.45, 7) is 4.12. The predicted octanol–water partition coefficient (Wildman–Crippen LogP) is 6.13. The zero-order chi connectivity index (χ0) is 19.7. The van der Waals surface area contributed by atoms with Crippen molar-refractivity contribution in [3.63, 3.8) is 0 Å². The van der Waals surface area contributed by atoms with E-state index in [1.165, 1.54) is 6.42 Å². The molecule has 28 heavy (non-hydrogen) atoms. The first-order chi connectivity index (χ1) is 13.5. The molecule has 1 aliphatic heterocycles. The van der Waals surface area contributed by atoms with Gasteiger partial charge >= 0.3 is 0 Å². The fourth-order valence-corrected chi connectivity index (χ4v) is 4.10. The SMILES string of the molecule is C[C@H]1CCCN(N=Nc2ccc(Br)cc2-c2nc(N)c3cc(Br)ccc3n2)C1. The van der Waals surface area contributed by atoms with E-state index in [0.717, 1.165) is 50.6 Å². The topological polar surface area (TPSA) is 79.8 Å². The number of hydrogen-bond donors (Lipinski definition) is 1. The van der Waals surface area contributed by atoms with Gasteiger partial charge in [0.2, 0.25) is 0 Å². The van der Waals surface area contributed by atoms with E-state index in [1.54, 1.807) is 0 Å². The molecule has 3 aromatic rings. The highest BCUT2D eigenvalue weighted by molar-refractivity contribution is 9.10. The molecule has 0 spiro atoms. The highest BCUT2D eigenvalue weighted by Gasteiger charge is 2.16. The smallest absolute Gasteiger partial charge is 0.164 e. The van der Waals surface area contributed by atoms with Gasteiger partial charge in [0.15, 0.2) is 5.82 Å². The second-order valence-electron chi connectivity index (χ2n) is 7.10. The molecule has 1 atom stereocenters. The van der Waals surface area contributed by atoms with E-state index < -0.39 is 0 Å². The Hall–Kier alpha value is -2.06. The van der Waals surface area contributed by atoms with Gasteiger partial charge in [0.25, 0.3) is 0 Å². The van der Waals surface area contributed by atoms with Crippen molar-refractivity contribution in [3.05, 3.63) is 45.3 Å². The van der Waals surface area contributed by atoms with Crippen LogP contribution in [0, 0.1) is 5.92 Å². The number of piperidine rings is 1. The van der Waals surface area contributed by atoms with Crippen molar-refractivity contribution in [2.75, 3.05) is 18.8 Å². The standard InChI is InChI=1S/C20H20Br2N6/c1-12-3-2-8-28(11-12)27-26-18-7-5-14(22)10-16(18)20-24-17-6-4-13(21)9-15(17)19(23)25-20/h4-7,9-10,12H,2-3,8,11H2,1H3,(H2,23,24,25)/t12-/m0/s1. The average molecular weight is 504 g/mol. The second kappa shape index (κ2) is 8.13. The maximum atomic E-state index is 6.21. The van der Waals surface area contributed by atoms with E-state index in [4.69, 9.17) is 10.7 Å². The van der Waals surface area contributed by atoms with E-state index >= 15 is 0 Å². The molecule has 2 N–H and O–H groups in total. The van der Waals surface area contributed by atoms with Gasteiger partial charge < -0.3 is 5.73 Å². The van der Waals surface area contributed by atoms with Gasteiger partial charge in [-0.05, 0) is 55.2 Å². The van der Waals surface area contributed by atoms with Crippen LogP contribution in [0.5, 0.6) is 0 Å². The largest absolute Gasteiger partial charge is 0.383 e. The number of nitrogens with two attached hydrogens (primary N) is 1. The summed E-state index contributed by atoms with van der Waals surface area (Å²) in [6.07, 6.45) is 2.39. The van der Waals surface area contributed by atoms with Gasteiger partial charge in [-0.1, -0.05) is 44.0 Å². The molecule has 4 rings (SSSR count). The van der Waals surface area contributed by atoms with Crippen LogP contribution in [0.2, 0.25) is 0 Å². The third-order valence-corrected chi connectivity index (χ3v) is 5.79. The molecule has 0 unspecified atom stereocenters. The highest BCUT2D eigenvalue weighted by Crippen LogP contribution is 2.34. The summed E-state index contributed by atoms with van der Waals surface area (Å²) in [5, 5.41) is 11.8. The van der Waals surface area contributed by atoms with Gasteiger partial charge in [0.05, 0.1) is 11.2 Å². The normalized spacial score (nSPS) is 17.5. The van der Waals surface area contributed by atoms with Crippen LogP contribution in [-0.2, 0) is 0 Å². The Bertz CT molecular complexity index is 1050. The van der Waals surface area contributed by atoms with E-state index in [2.05, 4.69) is 54.1 Å². The van der Waals surface area contributed by atoms with Gasteiger partial charge in [0.1, 0.15) is 5.82 Å². The van der Waals surface area contributed by atoms with Crippen LogP contribution in [0.3, 0.4) is 0 Å². The molecule has 144 valence electrons. The monoisotopic (exact) mass is 502 g/mol. The van der Waals surface area contributed by atoms with Crippen molar-refractivity contribution >= 4 is 54.3 Å². The Labute approximate surface area is 180 Å². The summed E-state index contributed by atoms with van der Waals surface area (Å²) in [6, 6.07) is 11.6. The van der Waals surface area contributed by atoms with Crippen molar-refractivity contribution in [1.29, 1.82) is 0 Å². The van der Waals surface area contributed by atoms with E-state index in [9.17, 15) is 0 Å². The number of hydrogen-bond acceptors (Lipinski definition) is 5. The Morgan fingerprint density at radius 1 is 1.11 bits per heavy atom. The minimum absolute atomic E-state index is 0.439. The summed E-state index contributed by atoms with van der Waals surface area (Å²) in [7, 11) is 0. The van der Waals surface area contributed by atoms with Crippen LogP contribution < -0.4 is 5.73 Å². The van der Waals surface area contributed by atoms with Crippen LogP contribution in [0.1, 0.15) is 19.8 Å². The molecule has 0 saturated carbocycles. The first-order valence-corrected chi connectivity index (χ1v) is 10.8. The zero-order valence-corrected chi connectivity index (χ0v) is 18.6. The summed E-state index contributed by atoms with van der Waals surface area (Å²) in [5.74, 6) is 1.61. The molecule has 0 amide bonds. The first kappa shape index (κ1) is 19.3. The maximum Gasteiger partial charge on any atom is 0.164 e. The van der Waals surface area contributed by atoms with Crippen molar-refractivity contribution in [2.24, 2.45) is 16.3 Å². The van der Waals surface area contributed by atoms with Crippen molar-refractivity contribution in [3.8, 4) is 11.4 Å². The fourth-order valence-electron chi connectivity index (χ4n) is 3.38. The quantitative estimate of drug-likeness (QED) is 0.435. The van der Waals surface area contributed by atoms with Crippen molar-refractivity contribution in [2.45, 2.75) is 19.8 Å². The molecule has 2 aromatic carbocycles. The minimum Gasteiger partial charge on any atom is -0.383 e. The van der Waals surface area contributed by atoms with Crippen LogP contribution in [0.4, 0.5) is 11.5 Å². The lowest BCUT2D eigenvalue weighted by atomic mass is 10.0. The molecule has 1 aromatic heterocycles. The molecular weight excluding hydrogens is 484 g/mol. The fraction of sp³-hybridized carbons (Fsp3) is 0.300. The zero-order valence-electron chi connectivity index (χ0n) is 15.4. The lowest BCUT2D eigenvalue weighted by Gasteiger charge is -2.27. The van der Waals surface area contributed by atoms with Crippen LogP contribution in [0.25, 0.3) is 22.3 Å². The molecule has 8 heteroatoms. The number of rotatable bonds is 3. The Morgan fingerprint density at radius 3 is 2.71 bits per heavy atom. The minimum atomic E-state index is 0.439. The number of anilines is 1. The number of fused-ring (bicyclic) bond motifs is 1. The van der Waals surface area contributed by atoms with Crippen LogP contribution >= 0.6 is 31.9 Å². The summed E-state index contributed by atoms with van der Waals surface area (Å²) in [4.78, 5) is 9.24. The number of nitrogens with zero attached hydrogens (tertiary/aromatic N) is 5. The van der Waals surface area contributed by atoms with Crippen molar-refractivity contribution < 1.29 is 0 Å². The second-order valence-corrected chi connectivity index (χ2v) is 8.94. The predicted molar refractivity (Wildman–Crippen MR) is 119 cm³/mol. The number of halogens is 2.